The van der Waals surface area contributed by atoms with E-state index in [1.807, 2.05) is 0 Å². The molecule has 0 aromatic rings. The van der Waals surface area contributed by atoms with Gasteiger partial charge in [0.15, 0.2) is 0 Å². The Morgan fingerprint density at radius 2 is 0.345 bits per heavy atom. The Balaban J connectivity index is -0.0000000960. The van der Waals surface area contributed by atoms with Crippen LogP contribution in [0, 0.1) is 7.43 Å². The first kappa shape index (κ1) is 41.2. The number of rotatable bonds is 6. The summed E-state index contributed by atoms with van der Waals surface area (Å²) in [5.41, 5.74) is 0. The van der Waals surface area contributed by atoms with Crippen LogP contribution >= 0.6 is 0 Å². The maximum atomic E-state index is 4.82. The molecule has 0 rings (SSSR count). The van der Waals surface area contributed by atoms with Crippen LogP contribution in [0.3, 0.4) is 0 Å². The van der Waals surface area contributed by atoms with Crippen LogP contribution in [0.15, 0.2) is 0 Å². The summed E-state index contributed by atoms with van der Waals surface area (Å²) in [6, 6.07) is 0. The van der Waals surface area contributed by atoms with Crippen LogP contribution in [0.5, 0.6) is 0 Å². The molecule has 0 heterocycles. The van der Waals surface area contributed by atoms with Gasteiger partial charge >= 0.3 is 21.7 Å². The fraction of sp³-hybridized carbons (Fsp3) is 0.947. The van der Waals surface area contributed by atoms with Crippen molar-refractivity contribution in [2.24, 2.45) is 0 Å². The molecule has 0 aromatic carbocycles. The van der Waals surface area contributed by atoms with Crippen LogP contribution < -0.4 is 0 Å². The normalized spacial score (nSPS) is 13.0. The van der Waals surface area contributed by atoms with Crippen molar-refractivity contribution >= 4 is 49.4 Å². The van der Waals surface area contributed by atoms with Gasteiger partial charge in [-0.15, -0.1) is 0 Å². The van der Waals surface area contributed by atoms with Gasteiger partial charge < -0.3 is 21.4 Å². The van der Waals surface area contributed by atoms with E-state index in [2.05, 4.69) is 118 Å². The fourth-order valence-corrected chi connectivity index (χ4v) is 27.2. The van der Waals surface area contributed by atoms with E-state index in [4.69, 9.17) is 13.9 Å². The smallest absolute Gasteiger partial charge is 0.668 e. The van der Waals surface area contributed by atoms with E-state index < -0.39 is 49.4 Å². The number of hydrogen-bond acceptors (Lipinski definition) is 0. The zero-order chi connectivity index (χ0) is 23.1. The molecule has 0 aromatic heterocycles. The third-order valence-electron chi connectivity index (χ3n) is 2.01. The first-order chi connectivity index (χ1) is 11.1. The van der Waals surface area contributed by atoms with Gasteiger partial charge in [0.05, 0.1) is 0 Å². The van der Waals surface area contributed by atoms with Gasteiger partial charge in [0.1, 0.15) is 0 Å². The molecule has 0 aliphatic rings. The van der Waals surface area contributed by atoms with Crippen LogP contribution in [-0.2, 0) is 21.7 Å². The first-order valence-electron chi connectivity index (χ1n) is 10.3. The summed E-state index contributed by atoms with van der Waals surface area (Å²) >= 11 is 0. The predicted octanol–water partition coefficient (Wildman–Crippen LogP) is 9.54. The minimum Gasteiger partial charge on any atom is -0.668 e. The Bertz CT molecular complexity index is 297. The van der Waals surface area contributed by atoms with Crippen molar-refractivity contribution < 1.29 is 21.7 Å². The van der Waals surface area contributed by atoms with Gasteiger partial charge in [-0.05, 0) is 0 Å². The molecule has 10 heteroatoms. The van der Waals surface area contributed by atoms with Crippen LogP contribution in [0.4, 0.5) is 0 Å². The zero-order valence-corrected chi connectivity index (χ0v) is 31.4. The van der Waals surface area contributed by atoms with Gasteiger partial charge in [0.2, 0.25) is 0 Å². The summed E-state index contributed by atoms with van der Waals surface area (Å²) in [5, 5.41) is 0. The summed E-state index contributed by atoms with van der Waals surface area (Å²) in [7, 11) is -6.64. The van der Waals surface area contributed by atoms with E-state index in [1.165, 1.54) is 0 Å². The molecule has 0 radical (unpaired) electrons. The Hall–Kier alpha value is 1.90. The average molecular weight is 544 g/mol. The first-order valence-corrected chi connectivity index (χ1v) is 31.0. The molecule has 0 saturated heterocycles. The van der Waals surface area contributed by atoms with Crippen molar-refractivity contribution in [2.45, 2.75) is 118 Å². The number of nitrogens with zero attached hydrogens (tertiary/aromatic N) is 3. The van der Waals surface area contributed by atoms with E-state index in [0.717, 1.165) is 0 Å². The standard InChI is InChI=1S/3C6H18NSi2.CH3.Ti/c3*1-8(2,3)7-9(4,5)6;;/h3*1-6H3;1H3;/q4*-1;+4. The molecule has 0 N–H and O–H groups in total. The van der Waals surface area contributed by atoms with Crippen molar-refractivity contribution in [3.05, 3.63) is 21.4 Å². The van der Waals surface area contributed by atoms with Gasteiger partial charge in [0, 0.05) is 0 Å². The third-order valence-corrected chi connectivity index (χ3v) is 18.1. The Labute approximate surface area is 209 Å². The number of hydrogen-bond donors (Lipinski definition) is 0. The molecular weight excluding hydrogens is 487 g/mol. The molecule has 176 valence electrons. The van der Waals surface area contributed by atoms with Crippen molar-refractivity contribution in [2.75, 3.05) is 0 Å². The van der Waals surface area contributed by atoms with Crippen molar-refractivity contribution in [3.63, 3.8) is 0 Å². The van der Waals surface area contributed by atoms with E-state index >= 15 is 0 Å². The zero-order valence-electron chi connectivity index (χ0n) is 23.8. The largest absolute Gasteiger partial charge is 4.00 e. The fourth-order valence-electron chi connectivity index (χ4n) is 3.02. The molecule has 0 saturated carbocycles. The summed E-state index contributed by atoms with van der Waals surface area (Å²) in [6.45, 7) is 41.3. The molecule has 0 unspecified atom stereocenters. The molecule has 29 heavy (non-hydrogen) atoms. The second kappa shape index (κ2) is 14.9. The molecule has 0 bridgehead atoms. The molecule has 0 atom stereocenters. The summed E-state index contributed by atoms with van der Waals surface area (Å²) in [4.78, 5) is 0. The van der Waals surface area contributed by atoms with Gasteiger partial charge in [-0.2, -0.15) is 0 Å². The molecule has 0 fully saturated rings. The minimum atomic E-state index is -1.11. The predicted molar refractivity (Wildman–Crippen MR) is 157 cm³/mol. The van der Waals surface area contributed by atoms with E-state index in [9.17, 15) is 0 Å². The minimum absolute atomic E-state index is 0. The van der Waals surface area contributed by atoms with Crippen LogP contribution in [0.2, 0.25) is 118 Å². The average Bonchev–Trinajstić information content (AvgIpc) is 1.96. The maximum Gasteiger partial charge on any atom is 4.00 e. The van der Waals surface area contributed by atoms with Crippen molar-refractivity contribution in [1.82, 2.24) is 0 Å². The Morgan fingerprint density at radius 3 is 0.345 bits per heavy atom. The second-order valence-corrected chi connectivity index (χ2v) is 42.1. The van der Waals surface area contributed by atoms with E-state index in [-0.39, 0.29) is 29.1 Å². The monoisotopic (exact) mass is 543 g/mol. The molecule has 0 aliphatic carbocycles. The van der Waals surface area contributed by atoms with E-state index in [0.29, 0.717) is 0 Å². The summed E-state index contributed by atoms with van der Waals surface area (Å²) in [6.07, 6.45) is 0. The molecule has 0 amide bonds. The van der Waals surface area contributed by atoms with E-state index in [1.54, 1.807) is 0 Å². The topological polar surface area (TPSA) is 42.3 Å². The SMILES string of the molecule is C[Si](C)(C)[N-][Si](C)(C)C.C[Si](C)(C)[N-][Si](C)(C)C.C[Si](C)(C)[N-][Si](C)(C)C.[CH3-].[Ti+4]. The van der Waals surface area contributed by atoms with Crippen LogP contribution in [0.1, 0.15) is 0 Å². The van der Waals surface area contributed by atoms with Crippen molar-refractivity contribution in [1.29, 1.82) is 0 Å². The van der Waals surface area contributed by atoms with Crippen LogP contribution in [0.25, 0.3) is 13.9 Å². The molecule has 3 nitrogen and oxygen atoms in total. The Kier molecular flexibility index (Phi) is 21.2. The second-order valence-electron chi connectivity index (χ2n) is 13.4. The van der Waals surface area contributed by atoms with Gasteiger partial charge in [-0.3, -0.25) is 0 Å². The van der Waals surface area contributed by atoms with Crippen molar-refractivity contribution in [3.8, 4) is 0 Å². The maximum absolute atomic E-state index is 4.82. The van der Waals surface area contributed by atoms with Gasteiger partial charge in [-0.1, -0.05) is 167 Å². The van der Waals surface area contributed by atoms with Gasteiger partial charge in [0.25, 0.3) is 0 Å². The van der Waals surface area contributed by atoms with Crippen LogP contribution in [-0.4, -0.2) is 49.4 Å². The molecule has 0 aliphatic heterocycles. The summed E-state index contributed by atoms with van der Waals surface area (Å²) in [5.74, 6) is 0. The molecular formula is C19H57N3Si6Ti. The Morgan fingerprint density at radius 1 is 0.276 bits per heavy atom. The third kappa shape index (κ3) is 58.8. The quantitative estimate of drug-likeness (QED) is 0.236. The molecule has 0 spiro atoms. The van der Waals surface area contributed by atoms with Gasteiger partial charge in [-0.25, -0.2) is 0 Å². The summed E-state index contributed by atoms with van der Waals surface area (Å²) < 4.78 is 14.5.